The minimum absolute atomic E-state index is 0.235. The van der Waals surface area contributed by atoms with Gasteiger partial charge in [0.1, 0.15) is 69.0 Å². The summed E-state index contributed by atoms with van der Waals surface area (Å²) in [5, 5.41) is 20.3. The SMILES string of the molecule is COc1c(C)cc(Oc2c(C)cc(-c3cc(C)c(Oc4cc(C)c(O)c(C)c4)c(C)c3C)c(C)c2C)cc1C.COc1c(C)cc(Oc2c(C)cc(C(C)(C)c3cc(C)c(Oc4cc(C)c(O)c(C)c4)c(C)c3)cc2C)cc1C. The van der Waals surface area contributed by atoms with Gasteiger partial charge in [0, 0.05) is 5.41 Å². The maximum absolute atomic E-state index is 10.2. The Morgan fingerprint density at radius 2 is 0.481 bits per heavy atom. The van der Waals surface area contributed by atoms with Gasteiger partial charge in [0.05, 0.1) is 14.2 Å². The van der Waals surface area contributed by atoms with Crippen LogP contribution in [0, 0.1) is 125 Å². The maximum atomic E-state index is 10.2. The molecule has 0 bridgehead atoms. The number of phenolic OH excluding ortho intramolecular Hbond substituents is 2. The first-order valence-electron chi connectivity index (χ1n) is 27.1. The maximum Gasteiger partial charge on any atom is 0.133 e. The Hall–Kier alpha value is -7.84. The molecule has 414 valence electrons. The monoisotopic (exact) mass is 1060 g/mol. The van der Waals surface area contributed by atoms with Crippen molar-refractivity contribution in [2.75, 3.05) is 14.2 Å². The second-order valence-electron chi connectivity index (χ2n) is 22.5. The van der Waals surface area contributed by atoms with Crippen molar-refractivity contribution < 1.29 is 38.6 Å². The standard InChI is InChI=1S/C36H42O4.C35H40O4/c1-20-16-30(17-21(2)32(20)37)39-34-22(3)12-28(13-23(34)4)36(9,10)29-14-24(5)35(25(6)15-29)40-31-18-26(7)33(38-11)27(8)19-31;1-18-12-28(13-19(2)32(18)36)38-34-22(5)16-30(24(7)26(34)9)31-17-23(6)35(27(10)25(31)8)39-29-14-20(3)33(37-11)21(4)15-29/h12-19,37H,1-11H3;12-17,36H,1-11H3. The van der Waals surface area contributed by atoms with Crippen LogP contribution in [-0.4, -0.2) is 24.4 Å². The van der Waals surface area contributed by atoms with E-state index < -0.39 is 0 Å². The lowest BCUT2D eigenvalue weighted by atomic mass is 9.76. The first kappa shape index (κ1) is 58.8. The van der Waals surface area contributed by atoms with Crippen molar-refractivity contribution in [3.8, 4) is 80.1 Å². The molecule has 0 saturated heterocycles. The van der Waals surface area contributed by atoms with Gasteiger partial charge in [0.15, 0.2) is 0 Å². The van der Waals surface area contributed by atoms with Crippen LogP contribution in [-0.2, 0) is 5.41 Å². The molecule has 0 aliphatic carbocycles. The van der Waals surface area contributed by atoms with Gasteiger partial charge in [0.2, 0.25) is 0 Å². The van der Waals surface area contributed by atoms with Crippen molar-refractivity contribution >= 4 is 0 Å². The molecule has 0 atom stereocenters. The van der Waals surface area contributed by atoms with E-state index in [0.29, 0.717) is 11.5 Å². The Morgan fingerprint density at radius 1 is 0.266 bits per heavy atom. The lowest BCUT2D eigenvalue weighted by molar-refractivity contribution is 0.406. The summed E-state index contributed by atoms with van der Waals surface area (Å²) in [6, 6.07) is 29.0. The summed E-state index contributed by atoms with van der Waals surface area (Å²) in [6.07, 6.45) is 0. The van der Waals surface area contributed by atoms with Gasteiger partial charge >= 0.3 is 0 Å². The smallest absolute Gasteiger partial charge is 0.133 e. The largest absolute Gasteiger partial charge is 0.507 e. The summed E-state index contributed by atoms with van der Waals surface area (Å²) in [5.41, 5.74) is 23.1. The van der Waals surface area contributed by atoms with Crippen molar-refractivity contribution in [2.24, 2.45) is 0 Å². The van der Waals surface area contributed by atoms with E-state index in [1.165, 1.54) is 33.4 Å². The van der Waals surface area contributed by atoms with Crippen LogP contribution in [0.2, 0.25) is 0 Å². The van der Waals surface area contributed by atoms with E-state index in [2.05, 4.69) is 119 Å². The Balaban J connectivity index is 0.000000229. The fraction of sp³-hybridized carbons (Fsp3) is 0.324. The number of ether oxygens (including phenoxy) is 6. The molecule has 0 fully saturated rings. The molecule has 2 N–H and O–H groups in total. The Labute approximate surface area is 471 Å². The van der Waals surface area contributed by atoms with Crippen LogP contribution in [0.15, 0.2) is 84.9 Å². The number of aryl methyl sites for hydroxylation is 14. The topological polar surface area (TPSA) is 95.8 Å². The van der Waals surface area contributed by atoms with E-state index in [1.807, 2.05) is 104 Å². The normalized spacial score (nSPS) is 11.3. The van der Waals surface area contributed by atoms with E-state index in [0.717, 1.165) is 147 Å². The Kier molecular flexibility index (Phi) is 17.3. The highest BCUT2D eigenvalue weighted by atomic mass is 16.5. The molecule has 8 rings (SSSR count). The van der Waals surface area contributed by atoms with Crippen molar-refractivity contribution in [3.63, 3.8) is 0 Å². The predicted molar refractivity (Wildman–Crippen MR) is 325 cm³/mol. The van der Waals surface area contributed by atoms with Crippen LogP contribution < -0.4 is 28.4 Å². The molecule has 0 spiro atoms. The summed E-state index contributed by atoms with van der Waals surface area (Å²) >= 11 is 0. The van der Waals surface area contributed by atoms with Gasteiger partial charge in [-0.1, -0.05) is 38.1 Å². The molecule has 8 aromatic carbocycles. The molecule has 0 radical (unpaired) electrons. The zero-order valence-corrected chi connectivity index (χ0v) is 50.9. The van der Waals surface area contributed by atoms with E-state index in [4.69, 9.17) is 28.4 Å². The number of hydrogen-bond donors (Lipinski definition) is 2. The highest BCUT2D eigenvalue weighted by Gasteiger charge is 2.27. The number of benzene rings is 8. The number of rotatable bonds is 13. The van der Waals surface area contributed by atoms with Crippen molar-refractivity contribution in [1.29, 1.82) is 0 Å². The number of methoxy groups -OCH3 is 2. The highest BCUT2D eigenvalue weighted by molar-refractivity contribution is 5.77. The highest BCUT2D eigenvalue weighted by Crippen LogP contribution is 2.45. The summed E-state index contributed by atoms with van der Waals surface area (Å²) in [4.78, 5) is 0. The van der Waals surface area contributed by atoms with Gasteiger partial charge in [-0.3, -0.25) is 0 Å². The van der Waals surface area contributed by atoms with Gasteiger partial charge < -0.3 is 38.6 Å². The molecule has 0 aliphatic rings. The summed E-state index contributed by atoms with van der Waals surface area (Å²) in [7, 11) is 3.40. The molecule has 8 heteroatoms. The molecular weight excluding hydrogens is 981 g/mol. The van der Waals surface area contributed by atoms with Crippen molar-refractivity contribution in [3.05, 3.63) is 196 Å². The molecule has 8 aromatic rings. The zero-order chi connectivity index (χ0) is 58.3. The summed E-state index contributed by atoms with van der Waals surface area (Å²) in [6.45, 7) is 41.4. The molecule has 0 unspecified atom stereocenters. The van der Waals surface area contributed by atoms with Gasteiger partial charge in [-0.15, -0.1) is 0 Å². The van der Waals surface area contributed by atoms with Crippen LogP contribution in [0.5, 0.6) is 69.0 Å². The Morgan fingerprint density at radius 3 is 0.734 bits per heavy atom. The average molecular weight is 1060 g/mol. The molecular formula is C71H82O8. The molecule has 79 heavy (non-hydrogen) atoms. The lowest BCUT2D eigenvalue weighted by Crippen LogP contribution is -2.20. The van der Waals surface area contributed by atoms with Crippen LogP contribution in [0.1, 0.15) is 125 Å². The van der Waals surface area contributed by atoms with Gasteiger partial charge in [0.25, 0.3) is 0 Å². The summed E-state index contributed by atoms with van der Waals surface area (Å²) < 4.78 is 36.7. The molecule has 0 aromatic heterocycles. The Bertz CT molecular complexity index is 3530. The minimum Gasteiger partial charge on any atom is -0.507 e. The molecule has 0 amide bonds. The molecule has 0 aliphatic heterocycles. The van der Waals surface area contributed by atoms with E-state index >= 15 is 0 Å². The average Bonchev–Trinajstić information content (AvgIpc) is 3.39. The second kappa shape index (κ2) is 23.2. The third-order valence-electron chi connectivity index (χ3n) is 15.8. The first-order valence-corrected chi connectivity index (χ1v) is 27.1. The third kappa shape index (κ3) is 12.1. The lowest BCUT2D eigenvalue weighted by Gasteiger charge is -2.29. The molecule has 0 saturated carbocycles. The van der Waals surface area contributed by atoms with E-state index in [-0.39, 0.29) is 5.41 Å². The number of aromatic hydroxyl groups is 2. The fourth-order valence-corrected chi connectivity index (χ4v) is 11.1. The fourth-order valence-electron chi connectivity index (χ4n) is 11.1. The number of hydrogen-bond acceptors (Lipinski definition) is 8. The van der Waals surface area contributed by atoms with Crippen LogP contribution in [0.4, 0.5) is 0 Å². The van der Waals surface area contributed by atoms with E-state index in [9.17, 15) is 10.2 Å². The van der Waals surface area contributed by atoms with Gasteiger partial charge in [-0.25, -0.2) is 0 Å². The van der Waals surface area contributed by atoms with E-state index in [1.54, 1.807) is 14.2 Å². The predicted octanol–water partition coefficient (Wildman–Crippen LogP) is 19.5. The molecule has 0 heterocycles. The number of phenols is 2. The van der Waals surface area contributed by atoms with Crippen LogP contribution in [0.25, 0.3) is 11.1 Å². The first-order chi connectivity index (χ1) is 37.1. The van der Waals surface area contributed by atoms with Crippen molar-refractivity contribution in [1.82, 2.24) is 0 Å². The summed E-state index contributed by atoms with van der Waals surface area (Å²) in [5.74, 6) is 9.00. The minimum atomic E-state index is -0.235. The third-order valence-corrected chi connectivity index (χ3v) is 15.8. The second-order valence-corrected chi connectivity index (χ2v) is 22.5. The van der Waals surface area contributed by atoms with Crippen molar-refractivity contribution in [2.45, 2.75) is 144 Å². The molecule has 8 nitrogen and oxygen atoms in total. The van der Waals surface area contributed by atoms with Crippen LogP contribution >= 0.6 is 0 Å². The zero-order valence-electron chi connectivity index (χ0n) is 50.9. The van der Waals surface area contributed by atoms with Gasteiger partial charge in [-0.2, -0.15) is 0 Å². The van der Waals surface area contributed by atoms with Crippen LogP contribution in [0.3, 0.4) is 0 Å². The van der Waals surface area contributed by atoms with Gasteiger partial charge in [-0.05, 0) is 308 Å². The quantitative estimate of drug-likeness (QED) is 0.118.